The summed E-state index contributed by atoms with van der Waals surface area (Å²) in [7, 11) is 1.64. The van der Waals surface area contributed by atoms with Crippen LogP contribution in [0.15, 0.2) is 48.5 Å². The molecule has 0 radical (unpaired) electrons. The number of carbonyl (C=O) groups is 1. The van der Waals surface area contributed by atoms with Gasteiger partial charge in [-0.3, -0.25) is 4.79 Å². The number of methoxy groups -OCH3 is 1. The Morgan fingerprint density at radius 2 is 1.92 bits per heavy atom. The molecule has 2 aromatic carbocycles. The first-order valence-electron chi connectivity index (χ1n) is 7.89. The second-order valence-corrected chi connectivity index (χ2v) is 5.65. The summed E-state index contributed by atoms with van der Waals surface area (Å²) in [5, 5.41) is 7.32. The van der Waals surface area contributed by atoms with E-state index in [-0.39, 0.29) is 12.5 Å². The molecule has 1 aromatic heterocycles. The standard InChI is InChI=1S/C19H16N4O2/c1-25-14-9-6-13(7-10-14)8-11-17-21-19-15-4-2-3-5-16(15)20-18(24)12-23(19)22-17/h2-11H,12H2,1H3,(H,20,24)/b11-8+. The van der Waals surface area contributed by atoms with Crippen LogP contribution in [-0.4, -0.2) is 27.8 Å². The number of aromatic nitrogens is 3. The lowest BCUT2D eigenvalue weighted by Crippen LogP contribution is -2.17. The van der Waals surface area contributed by atoms with Gasteiger partial charge in [-0.1, -0.05) is 30.3 Å². The molecule has 25 heavy (non-hydrogen) atoms. The maximum atomic E-state index is 12.0. The number of ether oxygens (including phenoxy) is 1. The van der Waals surface area contributed by atoms with E-state index in [1.165, 1.54) is 0 Å². The first-order valence-corrected chi connectivity index (χ1v) is 7.89. The summed E-state index contributed by atoms with van der Waals surface area (Å²) in [6.45, 7) is 0.146. The van der Waals surface area contributed by atoms with E-state index in [0.29, 0.717) is 11.6 Å². The van der Waals surface area contributed by atoms with Gasteiger partial charge in [0.1, 0.15) is 12.3 Å². The molecule has 2 heterocycles. The van der Waals surface area contributed by atoms with Crippen molar-refractivity contribution in [3.8, 4) is 17.1 Å². The number of carbonyl (C=O) groups excluding carboxylic acids is 1. The average Bonchev–Trinajstić information content (AvgIpc) is 2.97. The number of fused-ring (bicyclic) bond motifs is 3. The van der Waals surface area contributed by atoms with Gasteiger partial charge in [-0.05, 0) is 35.9 Å². The highest BCUT2D eigenvalue weighted by Gasteiger charge is 2.20. The number of amides is 1. The number of rotatable bonds is 3. The van der Waals surface area contributed by atoms with E-state index >= 15 is 0 Å². The zero-order chi connectivity index (χ0) is 17.2. The third-order valence-corrected chi connectivity index (χ3v) is 3.96. The first-order chi connectivity index (χ1) is 12.2. The zero-order valence-electron chi connectivity index (χ0n) is 13.6. The smallest absolute Gasteiger partial charge is 0.246 e. The van der Waals surface area contributed by atoms with E-state index in [1.807, 2.05) is 60.7 Å². The summed E-state index contributed by atoms with van der Waals surface area (Å²) in [4.78, 5) is 16.6. The topological polar surface area (TPSA) is 69.0 Å². The largest absolute Gasteiger partial charge is 0.497 e. The van der Waals surface area contributed by atoms with Gasteiger partial charge < -0.3 is 10.1 Å². The highest BCUT2D eigenvalue weighted by atomic mass is 16.5. The fourth-order valence-electron chi connectivity index (χ4n) is 2.74. The van der Waals surface area contributed by atoms with Crippen LogP contribution in [0, 0.1) is 0 Å². The summed E-state index contributed by atoms with van der Waals surface area (Å²) in [5.74, 6) is 1.95. The van der Waals surface area contributed by atoms with Gasteiger partial charge in [-0.15, -0.1) is 0 Å². The lowest BCUT2D eigenvalue weighted by Gasteiger charge is -2.03. The van der Waals surface area contributed by atoms with E-state index in [0.717, 1.165) is 22.6 Å². The molecule has 0 fully saturated rings. The number of para-hydroxylation sites is 1. The van der Waals surface area contributed by atoms with E-state index in [2.05, 4.69) is 15.4 Å². The number of hydrogen-bond acceptors (Lipinski definition) is 4. The molecule has 0 atom stereocenters. The second-order valence-electron chi connectivity index (χ2n) is 5.65. The van der Waals surface area contributed by atoms with Crippen LogP contribution in [0.2, 0.25) is 0 Å². The molecule has 0 spiro atoms. The van der Waals surface area contributed by atoms with Crippen molar-refractivity contribution >= 4 is 23.7 Å². The maximum Gasteiger partial charge on any atom is 0.246 e. The van der Waals surface area contributed by atoms with Crippen molar-refractivity contribution in [3.63, 3.8) is 0 Å². The van der Waals surface area contributed by atoms with E-state index < -0.39 is 0 Å². The van der Waals surface area contributed by atoms with Crippen LogP contribution in [0.5, 0.6) is 5.75 Å². The van der Waals surface area contributed by atoms with Gasteiger partial charge in [0.2, 0.25) is 5.91 Å². The lowest BCUT2D eigenvalue weighted by atomic mass is 10.1. The van der Waals surface area contributed by atoms with Crippen molar-refractivity contribution in [3.05, 3.63) is 59.9 Å². The monoisotopic (exact) mass is 332 g/mol. The molecule has 0 saturated carbocycles. The van der Waals surface area contributed by atoms with Gasteiger partial charge in [0.25, 0.3) is 0 Å². The Bertz CT molecular complexity index is 958. The quantitative estimate of drug-likeness (QED) is 0.800. The molecule has 124 valence electrons. The Morgan fingerprint density at radius 3 is 2.72 bits per heavy atom. The second kappa shape index (κ2) is 6.24. The Kier molecular flexibility index (Phi) is 3.78. The van der Waals surface area contributed by atoms with Gasteiger partial charge >= 0.3 is 0 Å². The van der Waals surface area contributed by atoms with E-state index in [4.69, 9.17) is 4.74 Å². The van der Waals surface area contributed by atoms with Crippen molar-refractivity contribution in [2.75, 3.05) is 12.4 Å². The minimum absolute atomic E-state index is 0.109. The summed E-state index contributed by atoms with van der Waals surface area (Å²) in [5.41, 5.74) is 2.64. The minimum Gasteiger partial charge on any atom is -0.497 e. The third kappa shape index (κ3) is 3.01. The Hall–Kier alpha value is -3.41. The molecule has 6 nitrogen and oxygen atoms in total. The normalized spacial score (nSPS) is 13.1. The first kappa shape index (κ1) is 15.1. The molecular formula is C19H16N4O2. The zero-order valence-corrected chi connectivity index (χ0v) is 13.6. The van der Waals surface area contributed by atoms with Crippen molar-refractivity contribution in [1.82, 2.24) is 14.8 Å². The molecule has 1 N–H and O–H groups in total. The minimum atomic E-state index is -0.109. The number of hydrogen-bond donors (Lipinski definition) is 1. The molecule has 3 aromatic rings. The van der Waals surface area contributed by atoms with Crippen molar-refractivity contribution in [1.29, 1.82) is 0 Å². The van der Waals surface area contributed by atoms with Crippen molar-refractivity contribution in [2.45, 2.75) is 6.54 Å². The van der Waals surface area contributed by atoms with Gasteiger partial charge in [0, 0.05) is 5.56 Å². The summed E-state index contributed by atoms with van der Waals surface area (Å²) in [6.07, 6.45) is 3.77. The van der Waals surface area contributed by atoms with Crippen LogP contribution < -0.4 is 10.1 Å². The number of nitrogens with zero attached hydrogens (tertiary/aromatic N) is 3. The molecule has 0 saturated heterocycles. The maximum absolute atomic E-state index is 12.0. The van der Waals surface area contributed by atoms with Crippen LogP contribution in [-0.2, 0) is 11.3 Å². The fourth-order valence-corrected chi connectivity index (χ4v) is 2.74. The summed E-state index contributed by atoms with van der Waals surface area (Å²) >= 11 is 0. The molecule has 6 heteroatoms. The molecular weight excluding hydrogens is 316 g/mol. The van der Waals surface area contributed by atoms with E-state index in [9.17, 15) is 4.79 Å². The van der Waals surface area contributed by atoms with Gasteiger partial charge in [-0.2, -0.15) is 5.10 Å². The van der Waals surface area contributed by atoms with Crippen LogP contribution in [0.4, 0.5) is 5.69 Å². The Balaban J connectivity index is 1.67. The fraction of sp³-hybridized carbons (Fsp3) is 0.105. The molecule has 1 amide bonds. The van der Waals surface area contributed by atoms with Crippen molar-refractivity contribution < 1.29 is 9.53 Å². The van der Waals surface area contributed by atoms with Gasteiger partial charge in [0.05, 0.1) is 12.8 Å². The predicted octanol–water partition coefficient (Wildman–Crippen LogP) is 3.08. The molecule has 1 aliphatic rings. The van der Waals surface area contributed by atoms with Gasteiger partial charge in [0.15, 0.2) is 11.6 Å². The third-order valence-electron chi connectivity index (χ3n) is 3.96. The highest BCUT2D eigenvalue weighted by molar-refractivity contribution is 5.96. The molecule has 0 bridgehead atoms. The summed E-state index contributed by atoms with van der Waals surface area (Å²) in [6, 6.07) is 15.3. The van der Waals surface area contributed by atoms with Gasteiger partial charge in [-0.25, -0.2) is 9.67 Å². The van der Waals surface area contributed by atoms with Crippen LogP contribution in [0.3, 0.4) is 0 Å². The lowest BCUT2D eigenvalue weighted by molar-refractivity contribution is -0.116. The number of anilines is 1. The van der Waals surface area contributed by atoms with E-state index in [1.54, 1.807) is 11.8 Å². The SMILES string of the molecule is COc1ccc(/C=C/c2nc3n(n2)CC(=O)Nc2ccccc2-3)cc1. The highest BCUT2D eigenvalue weighted by Crippen LogP contribution is 2.29. The Labute approximate surface area is 144 Å². The van der Waals surface area contributed by atoms with Crippen LogP contribution in [0.1, 0.15) is 11.4 Å². The molecule has 0 aliphatic carbocycles. The van der Waals surface area contributed by atoms with Crippen molar-refractivity contribution in [2.24, 2.45) is 0 Å². The number of nitrogens with one attached hydrogen (secondary N) is 1. The molecule has 0 unspecified atom stereocenters. The van der Waals surface area contributed by atoms with Crippen LogP contribution >= 0.6 is 0 Å². The van der Waals surface area contributed by atoms with Crippen LogP contribution in [0.25, 0.3) is 23.5 Å². The predicted molar refractivity (Wildman–Crippen MR) is 96.0 cm³/mol. The average molecular weight is 332 g/mol. The summed E-state index contributed by atoms with van der Waals surface area (Å²) < 4.78 is 6.79. The molecule has 1 aliphatic heterocycles. The Morgan fingerprint density at radius 1 is 1.12 bits per heavy atom. The number of benzene rings is 2. The molecule has 4 rings (SSSR count).